The molecular weight excluding hydrogens is 298 g/mol. The highest BCUT2D eigenvalue weighted by molar-refractivity contribution is 7.90. The number of carbonyl (C=O) groups excluding carboxylic acids is 1. The van der Waals surface area contributed by atoms with Gasteiger partial charge < -0.3 is 10.4 Å². The molecule has 1 aliphatic rings. The van der Waals surface area contributed by atoms with E-state index in [0.717, 1.165) is 0 Å². The molecule has 112 valence electrons. The van der Waals surface area contributed by atoms with Crippen LogP contribution in [0.25, 0.3) is 0 Å². The summed E-state index contributed by atoms with van der Waals surface area (Å²) in [5.41, 5.74) is 0.386. The molecule has 2 rings (SSSR count). The third kappa shape index (κ3) is 3.19. The number of aliphatic imine (C=N–C) groups is 1. The van der Waals surface area contributed by atoms with Crippen LogP contribution in [0.4, 0.5) is 0 Å². The molecule has 1 amide bonds. The zero-order chi connectivity index (χ0) is 15.6. The van der Waals surface area contributed by atoms with E-state index in [1.54, 1.807) is 18.2 Å². The molecule has 1 atom stereocenters. The van der Waals surface area contributed by atoms with E-state index in [2.05, 4.69) is 15.0 Å². The van der Waals surface area contributed by atoms with Gasteiger partial charge in [0, 0.05) is 5.56 Å². The number of hydrogen-bond acceptors (Lipinski definition) is 5. The predicted molar refractivity (Wildman–Crippen MR) is 73.4 cm³/mol. The van der Waals surface area contributed by atoms with Crippen molar-refractivity contribution in [3.8, 4) is 0 Å². The zero-order valence-corrected chi connectivity index (χ0v) is 11.8. The molecule has 0 saturated carbocycles. The second-order valence-corrected chi connectivity index (χ2v) is 6.04. The summed E-state index contributed by atoms with van der Waals surface area (Å²) in [5.74, 6) is -1.70. The number of carboxylic acids is 1. The number of benzene rings is 1. The first kappa shape index (κ1) is 15.0. The molecule has 3 N–H and O–H groups in total. The standard InChI is InChI=1S/C12H13N3O5S/c1-7(12(17)18)14-10(16)6-13-11-8-4-2-3-5-9(8)21(19,20)15-11/h2-5,7H,6H2,1H3,(H,13,15)(H,14,16)(H,17,18)/t7-/m1/s1. The van der Waals surface area contributed by atoms with E-state index in [-0.39, 0.29) is 17.3 Å². The van der Waals surface area contributed by atoms with Crippen LogP contribution in [0.1, 0.15) is 12.5 Å². The fourth-order valence-corrected chi connectivity index (χ4v) is 3.00. The van der Waals surface area contributed by atoms with Gasteiger partial charge in [0.1, 0.15) is 18.4 Å². The Labute approximate surface area is 120 Å². The highest BCUT2D eigenvalue weighted by atomic mass is 32.2. The summed E-state index contributed by atoms with van der Waals surface area (Å²) in [5, 5.41) is 10.9. The number of aliphatic carboxylic acids is 1. The van der Waals surface area contributed by atoms with Crippen molar-refractivity contribution in [3.63, 3.8) is 0 Å². The largest absolute Gasteiger partial charge is 0.480 e. The van der Waals surface area contributed by atoms with Crippen LogP contribution in [-0.2, 0) is 19.6 Å². The summed E-state index contributed by atoms with van der Waals surface area (Å²) >= 11 is 0. The van der Waals surface area contributed by atoms with Gasteiger partial charge in [-0.2, -0.15) is 0 Å². The molecule has 0 saturated heterocycles. The third-order valence-electron chi connectivity index (χ3n) is 2.79. The molecule has 0 spiro atoms. The predicted octanol–water partition coefficient (Wildman–Crippen LogP) is -0.686. The minimum Gasteiger partial charge on any atom is -0.480 e. The van der Waals surface area contributed by atoms with Crippen molar-refractivity contribution >= 4 is 27.7 Å². The van der Waals surface area contributed by atoms with E-state index in [4.69, 9.17) is 5.11 Å². The van der Waals surface area contributed by atoms with Crippen LogP contribution in [0.15, 0.2) is 34.2 Å². The number of nitrogens with zero attached hydrogens (tertiary/aromatic N) is 1. The topological polar surface area (TPSA) is 125 Å². The Bertz CT molecular complexity index is 726. The fraction of sp³-hybridized carbons (Fsp3) is 0.250. The first-order valence-corrected chi connectivity index (χ1v) is 7.48. The van der Waals surface area contributed by atoms with Crippen molar-refractivity contribution in [2.75, 3.05) is 6.54 Å². The van der Waals surface area contributed by atoms with Crippen molar-refractivity contribution in [1.29, 1.82) is 0 Å². The Balaban J connectivity index is 2.14. The number of amidine groups is 1. The minimum atomic E-state index is -3.65. The van der Waals surface area contributed by atoms with Crippen molar-refractivity contribution in [1.82, 2.24) is 10.0 Å². The molecule has 0 aromatic heterocycles. The average molecular weight is 311 g/mol. The van der Waals surface area contributed by atoms with Crippen molar-refractivity contribution in [2.24, 2.45) is 4.99 Å². The van der Waals surface area contributed by atoms with Crippen LogP contribution in [0.3, 0.4) is 0 Å². The Morgan fingerprint density at radius 2 is 2.05 bits per heavy atom. The Hall–Kier alpha value is -2.42. The number of fused-ring (bicyclic) bond motifs is 1. The molecule has 0 radical (unpaired) electrons. The Morgan fingerprint density at radius 1 is 1.38 bits per heavy atom. The number of nitrogens with one attached hydrogen (secondary N) is 2. The number of hydrogen-bond donors (Lipinski definition) is 3. The van der Waals surface area contributed by atoms with Gasteiger partial charge in [0.15, 0.2) is 0 Å². The highest BCUT2D eigenvalue weighted by Gasteiger charge is 2.30. The Morgan fingerprint density at radius 3 is 2.71 bits per heavy atom. The molecule has 1 aromatic carbocycles. The molecule has 21 heavy (non-hydrogen) atoms. The van der Waals surface area contributed by atoms with Gasteiger partial charge in [0.2, 0.25) is 5.91 Å². The monoisotopic (exact) mass is 311 g/mol. The lowest BCUT2D eigenvalue weighted by atomic mass is 10.2. The Kier molecular flexibility index (Phi) is 3.94. The maximum atomic E-state index is 11.8. The van der Waals surface area contributed by atoms with Gasteiger partial charge in [-0.1, -0.05) is 12.1 Å². The molecule has 0 fully saturated rings. The number of rotatable bonds is 4. The molecule has 0 bridgehead atoms. The quantitative estimate of drug-likeness (QED) is 0.679. The van der Waals surface area contributed by atoms with Crippen LogP contribution < -0.4 is 10.0 Å². The van der Waals surface area contributed by atoms with E-state index in [1.165, 1.54) is 13.0 Å². The first-order valence-electron chi connectivity index (χ1n) is 6.00. The van der Waals surface area contributed by atoms with Crippen LogP contribution in [0.5, 0.6) is 0 Å². The maximum absolute atomic E-state index is 11.8. The van der Waals surface area contributed by atoms with Gasteiger partial charge in [-0.05, 0) is 19.1 Å². The SMILES string of the molecule is C[C@@H](NC(=O)CN=C1NS(=O)(=O)c2ccccc21)C(=O)O. The van der Waals surface area contributed by atoms with E-state index in [1.807, 2.05) is 0 Å². The van der Waals surface area contributed by atoms with Gasteiger partial charge in [0.05, 0.1) is 4.90 Å². The second-order valence-electron chi connectivity index (χ2n) is 4.39. The van der Waals surface area contributed by atoms with Gasteiger partial charge in [-0.3, -0.25) is 19.3 Å². The van der Waals surface area contributed by atoms with Crippen molar-refractivity contribution < 1.29 is 23.1 Å². The summed E-state index contributed by atoms with van der Waals surface area (Å²) in [7, 11) is -3.65. The highest BCUT2D eigenvalue weighted by Crippen LogP contribution is 2.21. The molecule has 0 unspecified atom stereocenters. The third-order valence-corrected chi connectivity index (χ3v) is 4.19. The van der Waals surface area contributed by atoms with E-state index < -0.39 is 27.9 Å². The number of amides is 1. The molecule has 1 heterocycles. The van der Waals surface area contributed by atoms with E-state index >= 15 is 0 Å². The number of carbonyl (C=O) groups is 2. The second kappa shape index (κ2) is 5.52. The summed E-state index contributed by atoms with van der Waals surface area (Å²) in [4.78, 5) is 26.1. The van der Waals surface area contributed by atoms with Gasteiger partial charge in [-0.25, -0.2) is 8.42 Å². The molecule has 1 aromatic rings. The van der Waals surface area contributed by atoms with Gasteiger partial charge in [0.25, 0.3) is 10.0 Å². The molecule has 8 nitrogen and oxygen atoms in total. The zero-order valence-electron chi connectivity index (χ0n) is 11.0. The summed E-state index contributed by atoms with van der Waals surface area (Å²) < 4.78 is 25.9. The van der Waals surface area contributed by atoms with Gasteiger partial charge in [-0.15, -0.1) is 0 Å². The first-order chi connectivity index (χ1) is 9.81. The number of sulfonamides is 1. The maximum Gasteiger partial charge on any atom is 0.325 e. The minimum absolute atomic E-state index is 0.0729. The summed E-state index contributed by atoms with van der Waals surface area (Å²) in [6.07, 6.45) is 0. The lowest BCUT2D eigenvalue weighted by Crippen LogP contribution is -2.39. The van der Waals surface area contributed by atoms with Crippen molar-refractivity contribution in [2.45, 2.75) is 17.9 Å². The van der Waals surface area contributed by atoms with E-state index in [0.29, 0.717) is 5.56 Å². The van der Waals surface area contributed by atoms with Crippen LogP contribution in [0.2, 0.25) is 0 Å². The molecule has 9 heteroatoms. The number of carboxylic acid groups (broad SMARTS) is 1. The van der Waals surface area contributed by atoms with Crippen molar-refractivity contribution in [3.05, 3.63) is 29.8 Å². The lowest BCUT2D eigenvalue weighted by molar-refractivity contribution is -0.141. The summed E-state index contributed by atoms with van der Waals surface area (Å²) in [6.45, 7) is 0.949. The normalized spacial score (nSPS) is 18.6. The lowest BCUT2D eigenvalue weighted by Gasteiger charge is -2.07. The molecule has 0 aliphatic carbocycles. The van der Waals surface area contributed by atoms with Crippen LogP contribution in [-0.4, -0.2) is 43.8 Å². The van der Waals surface area contributed by atoms with Gasteiger partial charge >= 0.3 is 5.97 Å². The van der Waals surface area contributed by atoms with Crippen LogP contribution in [0, 0.1) is 0 Å². The average Bonchev–Trinajstić information content (AvgIpc) is 2.68. The fourth-order valence-electron chi connectivity index (χ4n) is 1.75. The smallest absolute Gasteiger partial charge is 0.325 e. The molecular formula is C12H13N3O5S. The van der Waals surface area contributed by atoms with E-state index in [9.17, 15) is 18.0 Å². The van der Waals surface area contributed by atoms with Crippen LogP contribution >= 0.6 is 0 Å². The molecule has 1 aliphatic heterocycles. The summed E-state index contributed by atoms with van der Waals surface area (Å²) in [6, 6.07) is 5.22.